The first-order valence-corrected chi connectivity index (χ1v) is 12.1. The predicted octanol–water partition coefficient (Wildman–Crippen LogP) is 2.47. The summed E-state index contributed by atoms with van der Waals surface area (Å²) in [7, 11) is -2.19. The fourth-order valence-electron chi connectivity index (χ4n) is 4.17. The van der Waals surface area contributed by atoms with Crippen molar-refractivity contribution >= 4 is 21.7 Å². The van der Waals surface area contributed by atoms with E-state index in [9.17, 15) is 13.2 Å². The number of aromatic nitrogens is 1. The molecule has 0 spiro atoms. The molecule has 166 valence electrons. The van der Waals surface area contributed by atoms with Gasteiger partial charge in [0.25, 0.3) is 0 Å². The van der Waals surface area contributed by atoms with Crippen molar-refractivity contribution < 1.29 is 17.9 Å². The summed E-state index contributed by atoms with van der Waals surface area (Å²) in [6.45, 7) is 4.49. The van der Waals surface area contributed by atoms with Crippen molar-refractivity contribution in [3.05, 3.63) is 41.6 Å². The third-order valence-corrected chi connectivity index (χ3v) is 7.57. The Bertz CT molecular complexity index is 1100. The summed E-state index contributed by atoms with van der Waals surface area (Å²) in [5.41, 5.74) is 4.77. The molecule has 0 unspecified atom stereocenters. The molecule has 1 aromatic heterocycles. The van der Waals surface area contributed by atoms with Crippen LogP contribution in [0.3, 0.4) is 0 Å². The molecule has 1 aliphatic carbocycles. The third-order valence-electron chi connectivity index (χ3n) is 5.90. The number of sulfonamides is 1. The number of nitrogens with one attached hydrogen (secondary N) is 2. The number of amides is 2. The van der Waals surface area contributed by atoms with Gasteiger partial charge in [0.15, 0.2) is 0 Å². The first-order valence-electron chi connectivity index (χ1n) is 10.5. The van der Waals surface area contributed by atoms with Crippen molar-refractivity contribution in [3.8, 4) is 17.0 Å². The van der Waals surface area contributed by atoms with Gasteiger partial charge < -0.3 is 10.1 Å². The second-order valence-electron chi connectivity index (χ2n) is 8.24. The summed E-state index contributed by atoms with van der Waals surface area (Å²) in [6, 6.07) is 6.93. The number of rotatable bonds is 6. The molecule has 2 heterocycles. The molecule has 9 heteroatoms. The lowest BCUT2D eigenvalue weighted by atomic mass is 9.96. The van der Waals surface area contributed by atoms with Gasteiger partial charge in [-0.1, -0.05) is 12.1 Å². The number of aryl methyl sites for hydroxylation is 1. The van der Waals surface area contributed by atoms with Gasteiger partial charge in [-0.3, -0.25) is 4.90 Å². The van der Waals surface area contributed by atoms with Crippen LogP contribution >= 0.6 is 0 Å². The highest BCUT2D eigenvalue weighted by atomic mass is 32.2. The maximum absolute atomic E-state index is 13.3. The average Bonchev–Trinajstić information content (AvgIpc) is 3.15. The molecule has 2 N–H and O–H groups in total. The number of anilines is 1. The summed E-state index contributed by atoms with van der Waals surface area (Å²) in [5, 5.41) is 2.35. The molecule has 2 aromatic rings. The van der Waals surface area contributed by atoms with E-state index >= 15 is 0 Å². The number of methoxy groups -OCH3 is 1. The third kappa shape index (κ3) is 4.12. The molecule has 1 saturated heterocycles. The van der Waals surface area contributed by atoms with Crippen LogP contribution in [0.5, 0.6) is 5.88 Å². The fourth-order valence-corrected chi connectivity index (χ4v) is 5.36. The van der Waals surface area contributed by atoms with Gasteiger partial charge in [-0.05, 0) is 55.9 Å². The minimum atomic E-state index is -3.75. The van der Waals surface area contributed by atoms with Gasteiger partial charge in [-0.15, -0.1) is 0 Å². The Hall–Kier alpha value is -2.65. The number of hydrogen-bond acceptors (Lipinski definition) is 6. The highest BCUT2D eigenvalue weighted by Crippen LogP contribution is 2.41. The van der Waals surface area contributed by atoms with Gasteiger partial charge in [0, 0.05) is 37.0 Å². The Labute approximate surface area is 183 Å². The maximum atomic E-state index is 13.3. The summed E-state index contributed by atoms with van der Waals surface area (Å²) < 4.78 is 32.9. The zero-order valence-corrected chi connectivity index (χ0v) is 18.8. The van der Waals surface area contributed by atoms with Crippen LogP contribution in [0, 0.1) is 0 Å². The van der Waals surface area contributed by atoms with Crippen molar-refractivity contribution in [2.75, 3.05) is 25.1 Å². The molecular weight excluding hydrogens is 416 g/mol. The van der Waals surface area contributed by atoms with E-state index in [0.29, 0.717) is 19.0 Å². The first-order chi connectivity index (χ1) is 14.8. The van der Waals surface area contributed by atoms with Gasteiger partial charge in [-0.2, -0.15) is 0 Å². The molecule has 2 aliphatic rings. The molecule has 0 bridgehead atoms. The zero-order chi connectivity index (χ0) is 22.2. The average molecular weight is 445 g/mol. The smallest absolute Gasteiger partial charge is 0.335 e. The van der Waals surface area contributed by atoms with Gasteiger partial charge >= 0.3 is 6.03 Å². The lowest BCUT2D eigenvalue weighted by Crippen LogP contribution is -2.58. The van der Waals surface area contributed by atoms with E-state index in [0.717, 1.165) is 41.6 Å². The van der Waals surface area contributed by atoms with Crippen molar-refractivity contribution in [1.82, 2.24) is 15.0 Å². The monoisotopic (exact) mass is 444 g/mol. The Morgan fingerprint density at radius 2 is 2.03 bits per heavy atom. The van der Waals surface area contributed by atoms with Crippen LogP contribution in [-0.4, -0.2) is 50.9 Å². The molecule has 1 aliphatic heterocycles. The van der Waals surface area contributed by atoms with Crippen molar-refractivity contribution in [1.29, 1.82) is 0 Å². The standard InChI is InChI=1S/C22H28N4O4S/c1-14(2)26(22(27)25-31(28,29)17-12-23-13-17)21-18-6-4-5-15(18)7-8-19(21)16-9-10-24-20(11-16)30-3/h7-11,14,17,23H,4-6,12-13H2,1-3H3,(H,25,27). The van der Waals surface area contributed by atoms with Crippen molar-refractivity contribution in [2.45, 2.75) is 44.4 Å². The first kappa shape index (κ1) is 21.6. The van der Waals surface area contributed by atoms with Gasteiger partial charge in [-0.25, -0.2) is 22.9 Å². The minimum Gasteiger partial charge on any atom is -0.481 e. The predicted molar refractivity (Wildman–Crippen MR) is 120 cm³/mol. The Balaban J connectivity index is 1.81. The number of carbonyl (C=O) groups excluding carboxylic acids is 1. The van der Waals surface area contributed by atoms with Crippen LogP contribution in [0.4, 0.5) is 10.5 Å². The van der Waals surface area contributed by atoms with E-state index in [-0.39, 0.29) is 6.04 Å². The molecule has 2 amide bonds. The van der Waals surface area contributed by atoms with Crippen LogP contribution in [0.15, 0.2) is 30.5 Å². The number of carbonyl (C=O) groups is 1. The molecule has 4 rings (SSSR count). The second-order valence-corrected chi connectivity index (χ2v) is 10.2. The largest absolute Gasteiger partial charge is 0.481 e. The molecule has 8 nitrogen and oxygen atoms in total. The van der Waals surface area contributed by atoms with Crippen LogP contribution in [0.2, 0.25) is 0 Å². The summed E-state index contributed by atoms with van der Waals surface area (Å²) in [5.74, 6) is 0.476. The van der Waals surface area contributed by atoms with Crippen molar-refractivity contribution in [2.24, 2.45) is 0 Å². The summed E-state index contributed by atoms with van der Waals surface area (Å²) in [4.78, 5) is 19.1. The number of benzene rings is 1. The number of urea groups is 1. The molecule has 0 saturated carbocycles. The molecule has 0 radical (unpaired) electrons. The van der Waals surface area contributed by atoms with E-state index in [1.165, 1.54) is 5.56 Å². The van der Waals surface area contributed by atoms with Gasteiger partial charge in [0.2, 0.25) is 15.9 Å². The van der Waals surface area contributed by atoms with E-state index in [2.05, 4.69) is 21.1 Å². The number of fused-ring (bicyclic) bond motifs is 1. The topological polar surface area (TPSA) is 101 Å². The molecule has 0 atom stereocenters. The van der Waals surface area contributed by atoms with E-state index in [4.69, 9.17) is 4.74 Å². The highest BCUT2D eigenvalue weighted by Gasteiger charge is 2.36. The van der Waals surface area contributed by atoms with Crippen molar-refractivity contribution in [3.63, 3.8) is 0 Å². The SMILES string of the molecule is COc1cc(-c2ccc3c(c2N(C(=O)NS(=O)(=O)C2CNC2)C(C)C)CCC3)ccn1. The summed E-state index contributed by atoms with van der Waals surface area (Å²) in [6.07, 6.45) is 4.46. The van der Waals surface area contributed by atoms with E-state index in [1.54, 1.807) is 18.2 Å². The Morgan fingerprint density at radius 1 is 1.26 bits per heavy atom. The van der Waals surface area contributed by atoms with E-state index in [1.807, 2.05) is 32.0 Å². The summed E-state index contributed by atoms with van der Waals surface area (Å²) >= 11 is 0. The fraction of sp³-hybridized carbons (Fsp3) is 0.455. The maximum Gasteiger partial charge on any atom is 0.335 e. The molecule has 1 aromatic carbocycles. The van der Waals surface area contributed by atoms with Crippen LogP contribution in [0.1, 0.15) is 31.4 Å². The molecule has 1 fully saturated rings. The van der Waals surface area contributed by atoms with E-state index < -0.39 is 21.3 Å². The minimum absolute atomic E-state index is 0.246. The Morgan fingerprint density at radius 3 is 2.68 bits per heavy atom. The van der Waals surface area contributed by atoms with Gasteiger partial charge in [0.1, 0.15) is 5.25 Å². The number of hydrogen-bond donors (Lipinski definition) is 2. The van der Waals surface area contributed by atoms with Crippen LogP contribution in [-0.2, 0) is 22.9 Å². The molecule has 31 heavy (non-hydrogen) atoms. The number of nitrogens with zero attached hydrogens (tertiary/aromatic N) is 2. The molecular formula is C22H28N4O4S. The lowest BCUT2D eigenvalue weighted by molar-refractivity contribution is 0.249. The van der Waals surface area contributed by atoms with Crippen LogP contribution in [0.25, 0.3) is 11.1 Å². The zero-order valence-electron chi connectivity index (χ0n) is 18.0. The number of ether oxygens (including phenoxy) is 1. The quantitative estimate of drug-likeness (QED) is 0.710. The normalized spacial score (nSPS) is 16.0. The lowest BCUT2D eigenvalue weighted by Gasteiger charge is -2.33. The second kappa shape index (κ2) is 8.47. The van der Waals surface area contributed by atoms with Gasteiger partial charge in [0.05, 0.1) is 12.8 Å². The Kier molecular flexibility index (Phi) is 5.90. The number of pyridine rings is 1. The van der Waals surface area contributed by atoms with Crippen LogP contribution < -0.4 is 19.7 Å². The highest BCUT2D eigenvalue weighted by molar-refractivity contribution is 7.90.